The summed E-state index contributed by atoms with van der Waals surface area (Å²) in [7, 11) is 0. The zero-order valence-corrected chi connectivity index (χ0v) is 13.7. The minimum atomic E-state index is -0.144. The summed E-state index contributed by atoms with van der Waals surface area (Å²) >= 11 is 0. The third-order valence-corrected chi connectivity index (χ3v) is 4.04. The van der Waals surface area contributed by atoms with Gasteiger partial charge in [0, 0.05) is 19.0 Å². The van der Waals surface area contributed by atoms with Gasteiger partial charge in [-0.1, -0.05) is 19.1 Å². The molecule has 1 heterocycles. The summed E-state index contributed by atoms with van der Waals surface area (Å²) in [6.07, 6.45) is 0. The molecule has 0 saturated carbocycles. The molecule has 6 nitrogen and oxygen atoms in total. The number of benzene rings is 1. The van der Waals surface area contributed by atoms with Gasteiger partial charge in [-0.25, -0.2) is 0 Å². The molecule has 1 unspecified atom stereocenters. The van der Waals surface area contributed by atoms with Gasteiger partial charge < -0.3 is 20.7 Å². The summed E-state index contributed by atoms with van der Waals surface area (Å²) in [6.45, 7) is 6.70. The van der Waals surface area contributed by atoms with Crippen LogP contribution < -0.4 is 20.7 Å². The second-order valence-corrected chi connectivity index (χ2v) is 5.81. The Morgan fingerprint density at radius 2 is 2.13 bits per heavy atom. The fourth-order valence-electron chi connectivity index (χ4n) is 2.37. The van der Waals surface area contributed by atoms with Gasteiger partial charge >= 0.3 is 0 Å². The number of hydrogen-bond acceptors (Lipinski definition) is 4. The zero-order chi connectivity index (χ0) is 16.7. The molecule has 0 aliphatic carbocycles. The standard InChI is InChI=1S/C17H25N3O3/c1-3-19-16(21)11-23-15-6-4-5-13(7-15)8-20-17(22)12(2)14-9-18-10-14/h4-7,12,14,18H,3,8-11H2,1-2H3,(H,19,21)(H,20,22). The van der Waals surface area contributed by atoms with E-state index in [2.05, 4.69) is 16.0 Å². The molecule has 2 rings (SSSR count). The first-order valence-electron chi connectivity index (χ1n) is 8.07. The number of nitrogens with one attached hydrogen (secondary N) is 3. The first-order valence-corrected chi connectivity index (χ1v) is 8.07. The molecular weight excluding hydrogens is 294 g/mol. The maximum absolute atomic E-state index is 12.1. The molecule has 3 N–H and O–H groups in total. The Bertz CT molecular complexity index is 544. The average Bonchev–Trinajstić information content (AvgIpc) is 2.49. The largest absolute Gasteiger partial charge is 0.484 e. The zero-order valence-electron chi connectivity index (χ0n) is 13.7. The topological polar surface area (TPSA) is 79.5 Å². The number of carbonyl (C=O) groups is 2. The molecule has 1 fully saturated rings. The molecule has 0 bridgehead atoms. The second-order valence-electron chi connectivity index (χ2n) is 5.81. The molecule has 1 aromatic rings. The van der Waals surface area contributed by atoms with E-state index in [-0.39, 0.29) is 24.3 Å². The highest BCUT2D eigenvalue weighted by Crippen LogP contribution is 2.17. The maximum atomic E-state index is 12.1. The van der Waals surface area contributed by atoms with Crippen LogP contribution >= 0.6 is 0 Å². The SMILES string of the molecule is CCNC(=O)COc1cccc(CNC(=O)C(C)C2CNC2)c1. The van der Waals surface area contributed by atoms with Gasteiger partial charge in [0.25, 0.3) is 5.91 Å². The molecule has 1 atom stereocenters. The summed E-state index contributed by atoms with van der Waals surface area (Å²) in [4.78, 5) is 23.5. The number of carbonyl (C=O) groups excluding carboxylic acids is 2. The van der Waals surface area contributed by atoms with Crippen LogP contribution in [0.1, 0.15) is 19.4 Å². The van der Waals surface area contributed by atoms with Gasteiger partial charge in [-0.3, -0.25) is 9.59 Å². The lowest BCUT2D eigenvalue weighted by Gasteiger charge is -2.31. The minimum Gasteiger partial charge on any atom is -0.484 e. The van der Waals surface area contributed by atoms with Crippen molar-refractivity contribution in [2.45, 2.75) is 20.4 Å². The van der Waals surface area contributed by atoms with Gasteiger partial charge in [0.1, 0.15) is 5.75 Å². The fourth-order valence-corrected chi connectivity index (χ4v) is 2.37. The van der Waals surface area contributed by atoms with Crippen LogP contribution in [0.25, 0.3) is 0 Å². The first kappa shape index (κ1) is 17.3. The van der Waals surface area contributed by atoms with Gasteiger partial charge in [0.05, 0.1) is 0 Å². The van der Waals surface area contributed by atoms with Crippen molar-refractivity contribution in [1.29, 1.82) is 0 Å². The molecule has 1 aromatic carbocycles. The van der Waals surface area contributed by atoms with E-state index in [9.17, 15) is 9.59 Å². The Morgan fingerprint density at radius 1 is 1.35 bits per heavy atom. The smallest absolute Gasteiger partial charge is 0.257 e. The monoisotopic (exact) mass is 319 g/mol. The van der Waals surface area contributed by atoms with Crippen molar-refractivity contribution >= 4 is 11.8 Å². The van der Waals surface area contributed by atoms with Crippen LogP contribution in [0.2, 0.25) is 0 Å². The van der Waals surface area contributed by atoms with Crippen LogP contribution in [0.15, 0.2) is 24.3 Å². The Kier molecular flexibility index (Phi) is 6.40. The number of rotatable bonds is 8. The van der Waals surface area contributed by atoms with E-state index in [0.717, 1.165) is 18.7 Å². The summed E-state index contributed by atoms with van der Waals surface area (Å²) < 4.78 is 5.45. The predicted octanol–water partition coefficient (Wildman–Crippen LogP) is 0.673. The minimum absolute atomic E-state index is 0.00460. The molecule has 2 amide bonds. The highest BCUT2D eigenvalue weighted by molar-refractivity contribution is 5.78. The van der Waals surface area contributed by atoms with Crippen molar-refractivity contribution in [3.05, 3.63) is 29.8 Å². The van der Waals surface area contributed by atoms with E-state index in [1.54, 1.807) is 6.07 Å². The Balaban J connectivity index is 1.80. The third-order valence-electron chi connectivity index (χ3n) is 4.04. The van der Waals surface area contributed by atoms with Crippen LogP contribution in [0, 0.1) is 11.8 Å². The van der Waals surface area contributed by atoms with Crippen LogP contribution in [0.4, 0.5) is 0 Å². The molecule has 1 aliphatic heterocycles. The summed E-state index contributed by atoms with van der Waals surface area (Å²) in [6, 6.07) is 7.42. The summed E-state index contributed by atoms with van der Waals surface area (Å²) in [5, 5.41) is 8.82. The Morgan fingerprint density at radius 3 is 2.78 bits per heavy atom. The van der Waals surface area contributed by atoms with E-state index < -0.39 is 0 Å². The van der Waals surface area contributed by atoms with Gasteiger partial charge in [0.2, 0.25) is 5.91 Å². The number of ether oxygens (including phenoxy) is 1. The van der Waals surface area contributed by atoms with Gasteiger partial charge in [0.15, 0.2) is 6.61 Å². The lowest BCUT2D eigenvalue weighted by atomic mass is 9.88. The fraction of sp³-hybridized carbons (Fsp3) is 0.529. The normalized spacial score (nSPS) is 15.4. The molecule has 0 spiro atoms. The van der Waals surface area contributed by atoms with Gasteiger partial charge in [-0.15, -0.1) is 0 Å². The number of amides is 2. The Labute approximate surface area is 137 Å². The van der Waals surface area contributed by atoms with Crippen molar-refractivity contribution in [3.63, 3.8) is 0 Å². The van der Waals surface area contributed by atoms with Crippen LogP contribution in [-0.2, 0) is 16.1 Å². The highest BCUT2D eigenvalue weighted by Gasteiger charge is 2.28. The molecule has 23 heavy (non-hydrogen) atoms. The molecule has 0 aromatic heterocycles. The lowest BCUT2D eigenvalue weighted by Crippen LogP contribution is -2.49. The van der Waals surface area contributed by atoms with Gasteiger partial charge in [-0.05, 0) is 43.6 Å². The van der Waals surface area contributed by atoms with Crippen molar-refractivity contribution in [2.24, 2.45) is 11.8 Å². The molecule has 1 aliphatic rings. The quantitative estimate of drug-likeness (QED) is 0.658. The first-order chi connectivity index (χ1) is 11.1. The molecule has 6 heteroatoms. The maximum Gasteiger partial charge on any atom is 0.257 e. The van der Waals surface area contributed by atoms with Crippen molar-refractivity contribution in [1.82, 2.24) is 16.0 Å². The van der Waals surface area contributed by atoms with Crippen molar-refractivity contribution in [2.75, 3.05) is 26.2 Å². The summed E-state index contributed by atoms with van der Waals surface area (Å²) in [5.74, 6) is 1.01. The van der Waals surface area contributed by atoms with Crippen LogP contribution in [-0.4, -0.2) is 38.1 Å². The van der Waals surface area contributed by atoms with E-state index in [1.807, 2.05) is 32.0 Å². The van der Waals surface area contributed by atoms with Crippen LogP contribution in [0.5, 0.6) is 5.75 Å². The van der Waals surface area contributed by atoms with E-state index >= 15 is 0 Å². The highest BCUT2D eigenvalue weighted by atomic mass is 16.5. The number of likely N-dealkylation sites (N-methyl/N-ethyl adjacent to an activating group) is 1. The van der Waals surface area contributed by atoms with Gasteiger partial charge in [-0.2, -0.15) is 0 Å². The molecule has 126 valence electrons. The van der Waals surface area contributed by atoms with Crippen molar-refractivity contribution in [3.8, 4) is 5.75 Å². The van der Waals surface area contributed by atoms with E-state index in [0.29, 0.717) is 24.8 Å². The van der Waals surface area contributed by atoms with Crippen LogP contribution in [0.3, 0.4) is 0 Å². The second kappa shape index (κ2) is 8.53. The molecule has 1 saturated heterocycles. The molecule has 0 radical (unpaired) electrons. The Hall–Kier alpha value is -2.08. The predicted molar refractivity (Wildman–Crippen MR) is 88.0 cm³/mol. The van der Waals surface area contributed by atoms with E-state index in [1.165, 1.54) is 0 Å². The lowest BCUT2D eigenvalue weighted by molar-refractivity contribution is -0.127. The molecular formula is C17H25N3O3. The number of hydrogen-bond donors (Lipinski definition) is 3. The average molecular weight is 319 g/mol. The summed E-state index contributed by atoms with van der Waals surface area (Å²) in [5.41, 5.74) is 0.950. The van der Waals surface area contributed by atoms with E-state index in [4.69, 9.17) is 4.74 Å². The van der Waals surface area contributed by atoms with Crippen molar-refractivity contribution < 1.29 is 14.3 Å². The third kappa shape index (κ3) is 5.25.